The molecule has 10 heteroatoms. The number of carbonyl (C=O) groups is 1. The molecule has 0 unspecified atom stereocenters. The zero-order valence-corrected chi connectivity index (χ0v) is 21.5. The Balaban J connectivity index is 1.37. The van der Waals surface area contributed by atoms with Crippen LogP contribution in [0, 0.1) is 0 Å². The molecule has 9 nitrogen and oxygen atoms in total. The van der Waals surface area contributed by atoms with Crippen LogP contribution < -0.4 is 15.8 Å². The van der Waals surface area contributed by atoms with Crippen LogP contribution in [-0.2, 0) is 12.8 Å². The molecule has 0 atom stereocenters. The fourth-order valence-electron chi connectivity index (χ4n) is 4.25. The first kappa shape index (κ1) is 24.9. The average molecular weight is 518 g/mol. The number of amides is 2. The first-order valence-electron chi connectivity index (χ1n) is 12.6. The van der Waals surface area contributed by atoms with Crippen molar-refractivity contribution < 1.29 is 9.53 Å². The Kier molecular flexibility index (Phi) is 8.07. The van der Waals surface area contributed by atoms with E-state index < -0.39 is 0 Å². The molecule has 2 aromatic carbocycles. The lowest BCUT2D eigenvalue weighted by Crippen LogP contribution is -2.31. The van der Waals surface area contributed by atoms with E-state index in [1.165, 1.54) is 5.56 Å². The minimum absolute atomic E-state index is 0.0483. The maximum absolute atomic E-state index is 11.9. The summed E-state index contributed by atoms with van der Waals surface area (Å²) in [5.41, 5.74) is 10.6. The number of nitrogens with zero attached hydrogens (tertiary/aromatic N) is 5. The van der Waals surface area contributed by atoms with Gasteiger partial charge in [0, 0.05) is 31.0 Å². The molecule has 0 aliphatic carbocycles. The summed E-state index contributed by atoms with van der Waals surface area (Å²) in [6.07, 6.45) is 5.53. The Morgan fingerprint density at radius 3 is 2.81 bits per heavy atom. The second-order valence-electron chi connectivity index (χ2n) is 8.95. The molecule has 1 fully saturated rings. The summed E-state index contributed by atoms with van der Waals surface area (Å²) in [6.45, 7) is 2.94. The number of nitrogens with one attached hydrogen (secondary N) is 1. The van der Waals surface area contributed by atoms with Crippen LogP contribution >= 0.6 is 11.3 Å². The van der Waals surface area contributed by atoms with E-state index >= 15 is 0 Å². The van der Waals surface area contributed by atoms with Crippen molar-refractivity contribution in [3.05, 3.63) is 77.1 Å². The zero-order valence-electron chi connectivity index (χ0n) is 20.7. The number of nitrogens with two attached hydrogens (primary N) is 1. The Hall–Kier alpha value is -3.76. The first-order valence-corrected chi connectivity index (χ1v) is 13.5. The number of urea groups is 1. The quantitative estimate of drug-likeness (QED) is 0.278. The van der Waals surface area contributed by atoms with Crippen molar-refractivity contribution in [2.24, 2.45) is 5.73 Å². The predicted molar refractivity (Wildman–Crippen MR) is 144 cm³/mol. The third-order valence-corrected chi connectivity index (χ3v) is 7.16. The highest BCUT2D eigenvalue weighted by Crippen LogP contribution is 2.34. The fraction of sp³-hybridized carbons (Fsp3) is 0.333. The summed E-state index contributed by atoms with van der Waals surface area (Å²) in [5.74, 6) is 0.706. The molecule has 1 aliphatic rings. The number of aromatic nitrogens is 4. The lowest BCUT2D eigenvalue weighted by atomic mass is 10.1. The summed E-state index contributed by atoms with van der Waals surface area (Å²) < 4.78 is 8.02. The van der Waals surface area contributed by atoms with Crippen molar-refractivity contribution in [2.45, 2.75) is 25.7 Å². The topological polar surface area (TPSA) is 111 Å². The van der Waals surface area contributed by atoms with Gasteiger partial charge < -0.3 is 20.7 Å². The van der Waals surface area contributed by atoms with E-state index in [1.54, 1.807) is 20.9 Å². The summed E-state index contributed by atoms with van der Waals surface area (Å²) in [5, 5.41) is 14.4. The molecule has 192 valence electrons. The Bertz CT molecular complexity index is 1320. The monoisotopic (exact) mass is 517 g/mol. The Morgan fingerprint density at radius 2 is 2.00 bits per heavy atom. The van der Waals surface area contributed by atoms with Crippen molar-refractivity contribution >= 4 is 17.4 Å². The number of benzene rings is 2. The zero-order chi connectivity index (χ0) is 25.5. The molecule has 3 heterocycles. The fourth-order valence-corrected chi connectivity index (χ4v) is 5.10. The molecule has 0 spiro atoms. The molecular weight excluding hydrogens is 486 g/mol. The van der Waals surface area contributed by atoms with Crippen LogP contribution in [0.25, 0.3) is 16.3 Å². The van der Waals surface area contributed by atoms with E-state index in [1.807, 2.05) is 42.6 Å². The normalized spacial score (nSPS) is 13.2. The van der Waals surface area contributed by atoms with Crippen LogP contribution in [0.15, 0.2) is 60.1 Å². The highest BCUT2D eigenvalue weighted by atomic mass is 32.1. The SMILES string of the molecule is NCCCCc1cn(-c2ccc(-c3nc(Cc4ccccc4)cs3)c(OCCN3CCNC3=O)c2)nn1. The van der Waals surface area contributed by atoms with Gasteiger partial charge in [0.2, 0.25) is 0 Å². The number of hydrogen-bond acceptors (Lipinski definition) is 7. The molecular formula is C27H31N7O2S. The van der Waals surface area contributed by atoms with Crippen LogP contribution in [0.4, 0.5) is 4.79 Å². The standard InChI is InChI=1S/C27H31N7O2S/c28-11-5-4-8-21-18-34(32-31-21)23-9-10-24(25(17-23)36-15-14-33-13-12-29-27(33)35)26-30-22(19-37-26)16-20-6-2-1-3-7-20/h1-3,6-7,9-10,17-19H,4-5,8,11-16,28H2,(H,29,35). The van der Waals surface area contributed by atoms with Gasteiger partial charge in [-0.2, -0.15) is 0 Å². The van der Waals surface area contributed by atoms with Gasteiger partial charge in [-0.05, 0) is 43.5 Å². The number of thiazole rings is 1. The number of hydrogen-bond donors (Lipinski definition) is 2. The molecule has 1 saturated heterocycles. The smallest absolute Gasteiger partial charge is 0.317 e. The molecule has 1 aliphatic heterocycles. The lowest BCUT2D eigenvalue weighted by molar-refractivity contribution is 0.203. The molecule has 4 aromatic rings. The predicted octanol–water partition coefficient (Wildman–Crippen LogP) is 3.67. The van der Waals surface area contributed by atoms with Gasteiger partial charge in [-0.15, -0.1) is 16.4 Å². The third kappa shape index (κ3) is 6.33. The van der Waals surface area contributed by atoms with E-state index in [0.717, 1.165) is 53.3 Å². The summed E-state index contributed by atoms with van der Waals surface area (Å²) in [6, 6.07) is 16.3. The second kappa shape index (κ2) is 12.0. The number of ether oxygens (including phenoxy) is 1. The van der Waals surface area contributed by atoms with Gasteiger partial charge in [0.25, 0.3) is 0 Å². The first-order chi connectivity index (χ1) is 18.2. The second-order valence-corrected chi connectivity index (χ2v) is 9.81. The van der Waals surface area contributed by atoms with Gasteiger partial charge in [-0.25, -0.2) is 14.5 Å². The summed E-state index contributed by atoms with van der Waals surface area (Å²) in [4.78, 5) is 18.6. The van der Waals surface area contributed by atoms with Crippen LogP contribution in [0.3, 0.4) is 0 Å². The third-order valence-electron chi connectivity index (χ3n) is 6.23. The van der Waals surface area contributed by atoms with E-state index in [9.17, 15) is 4.79 Å². The molecule has 0 radical (unpaired) electrons. The van der Waals surface area contributed by atoms with Gasteiger partial charge in [0.1, 0.15) is 17.4 Å². The van der Waals surface area contributed by atoms with Crippen molar-refractivity contribution in [2.75, 3.05) is 32.8 Å². The Morgan fingerprint density at radius 1 is 1.11 bits per heavy atom. The van der Waals surface area contributed by atoms with Crippen molar-refractivity contribution in [1.82, 2.24) is 30.2 Å². The van der Waals surface area contributed by atoms with E-state index in [-0.39, 0.29) is 6.03 Å². The number of rotatable bonds is 12. The van der Waals surface area contributed by atoms with E-state index in [2.05, 4.69) is 33.1 Å². The van der Waals surface area contributed by atoms with Crippen molar-refractivity contribution in [1.29, 1.82) is 0 Å². The molecule has 2 amide bonds. The van der Waals surface area contributed by atoms with Gasteiger partial charge in [-0.1, -0.05) is 35.5 Å². The van der Waals surface area contributed by atoms with Gasteiger partial charge in [-0.3, -0.25) is 0 Å². The van der Waals surface area contributed by atoms with Crippen LogP contribution in [0.5, 0.6) is 5.75 Å². The highest BCUT2D eigenvalue weighted by molar-refractivity contribution is 7.13. The van der Waals surface area contributed by atoms with Gasteiger partial charge in [0.15, 0.2) is 0 Å². The molecule has 3 N–H and O–H groups in total. The summed E-state index contributed by atoms with van der Waals surface area (Å²) >= 11 is 1.60. The Labute approximate surface area is 220 Å². The molecule has 0 saturated carbocycles. The molecule has 0 bridgehead atoms. The van der Waals surface area contributed by atoms with E-state index in [0.29, 0.717) is 38.5 Å². The van der Waals surface area contributed by atoms with E-state index in [4.69, 9.17) is 15.5 Å². The number of carbonyl (C=O) groups excluding carboxylic acids is 1. The minimum atomic E-state index is -0.0483. The number of unbranched alkanes of at least 4 members (excludes halogenated alkanes) is 1. The lowest BCUT2D eigenvalue weighted by Gasteiger charge is -2.16. The van der Waals surface area contributed by atoms with Crippen LogP contribution in [0.1, 0.15) is 29.8 Å². The van der Waals surface area contributed by atoms with Crippen molar-refractivity contribution in [3.63, 3.8) is 0 Å². The maximum Gasteiger partial charge on any atom is 0.317 e. The largest absolute Gasteiger partial charge is 0.491 e. The minimum Gasteiger partial charge on any atom is -0.491 e. The highest BCUT2D eigenvalue weighted by Gasteiger charge is 2.20. The molecule has 37 heavy (non-hydrogen) atoms. The maximum atomic E-state index is 11.9. The van der Waals surface area contributed by atoms with Crippen LogP contribution in [0.2, 0.25) is 0 Å². The number of aryl methyl sites for hydroxylation is 1. The molecule has 5 rings (SSSR count). The molecule has 2 aromatic heterocycles. The summed E-state index contributed by atoms with van der Waals surface area (Å²) in [7, 11) is 0. The average Bonchev–Trinajstić information content (AvgIpc) is 3.67. The van der Waals surface area contributed by atoms with Crippen molar-refractivity contribution in [3.8, 4) is 22.0 Å². The van der Waals surface area contributed by atoms with Gasteiger partial charge >= 0.3 is 6.03 Å². The van der Waals surface area contributed by atoms with Crippen LogP contribution in [-0.4, -0.2) is 63.7 Å². The van der Waals surface area contributed by atoms with Gasteiger partial charge in [0.05, 0.1) is 35.4 Å².